The summed E-state index contributed by atoms with van der Waals surface area (Å²) in [5.41, 5.74) is 0.0261. The van der Waals surface area contributed by atoms with Crippen molar-refractivity contribution in [1.29, 1.82) is 0 Å². The molecule has 2 heterocycles. The zero-order valence-electron chi connectivity index (χ0n) is 16.4. The number of benzene rings is 1. The summed E-state index contributed by atoms with van der Waals surface area (Å²) >= 11 is 0. The molecule has 0 bridgehead atoms. The number of piperazine rings is 1. The van der Waals surface area contributed by atoms with Gasteiger partial charge in [-0.1, -0.05) is 6.07 Å². The number of aromatic nitrogens is 1. The minimum atomic E-state index is -4.46. The Morgan fingerprint density at radius 1 is 1.23 bits per heavy atom. The average Bonchev–Trinajstić information content (AvgIpc) is 2.73. The van der Waals surface area contributed by atoms with Crippen molar-refractivity contribution in [3.63, 3.8) is 0 Å². The van der Waals surface area contributed by atoms with Gasteiger partial charge in [0, 0.05) is 38.9 Å². The standard InChI is InChI=1S/C20H23F3N4O3/c1-30-17-11-14(4-5-16(17)28)12-25-18(29)13-26-7-9-27(10-8-26)19-15(20(21,22)23)3-2-6-24-19/h2-6,11,28H,7-10,12-13H2,1H3,(H,25,29). The van der Waals surface area contributed by atoms with E-state index in [1.807, 2.05) is 4.90 Å². The van der Waals surface area contributed by atoms with E-state index in [0.717, 1.165) is 11.6 Å². The number of rotatable bonds is 6. The van der Waals surface area contributed by atoms with Crippen LogP contribution in [0.2, 0.25) is 0 Å². The van der Waals surface area contributed by atoms with Crippen LogP contribution in [0.15, 0.2) is 36.5 Å². The van der Waals surface area contributed by atoms with Crippen LogP contribution >= 0.6 is 0 Å². The maximum atomic E-state index is 13.2. The lowest BCUT2D eigenvalue weighted by Gasteiger charge is -2.35. The van der Waals surface area contributed by atoms with Crippen LogP contribution in [-0.2, 0) is 17.5 Å². The molecule has 162 valence electrons. The van der Waals surface area contributed by atoms with Crippen LogP contribution in [0, 0.1) is 0 Å². The quantitative estimate of drug-likeness (QED) is 0.741. The molecular formula is C20H23F3N4O3. The van der Waals surface area contributed by atoms with Crippen molar-refractivity contribution in [2.24, 2.45) is 0 Å². The van der Waals surface area contributed by atoms with Crippen LogP contribution in [0.25, 0.3) is 0 Å². The number of aromatic hydroxyl groups is 1. The van der Waals surface area contributed by atoms with Gasteiger partial charge in [-0.25, -0.2) is 4.98 Å². The number of nitrogens with zero attached hydrogens (tertiary/aromatic N) is 3. The molecule has 1 fully saturated rings. The number of methoxy groups -OCH3 is 1. The highest BCUT2D eigenvalue weighted by Crippen LogP contribution is 2.35. The molecule has 0 aliphatic carbocycles. The van der Waals surface area contributed by atoms with Crippen LogP contribution in [0.5, 0.6) is 11.5 Å². The van der Waals surface area contributed by atoms with E-state index in [2.05, 4.69) is 10.3 Å². The number of alkyl halides is 3. The number of nitrogens with one attached hydrogen (secondary N) is 1. The fraction of sp³-hybridized carbons (Fsp3) is 0.400. The summed E-state index contributed by atoms with van der Waals surface area (Å²) in [6, 6.07) is 7.12. The number of ether oxygens (including phenoxy) is 1. The summed E-state index contributed by atoms with van der Waals surface area (Å²) in [6.07, 6.45) is -3.11. The number of phenolic OH excluding ortho intramolecular Hbond substituents is 1. The number of amides is 1. The largest absolute Gasteiger partial charge is 0.504 e. The zero-order valence-corrected chi connectivity index (χ0v) is 16.4. The Bertz CT molecular complexity index is 884. The van der Waals surface area contributed by atoms with E-state index in [4.69, 9.17) is 4.74 Å². The zero-order chi connectivity index (χ0) is 21.7. The first kappa shape index (κ1) is 21.7. The van der Waals surface area contributed by atoms with Crippen molar-refractivity contribution in [2.75, 3.05) is 44.7 Å². The Morgan fingerprint density at radius 2 is 1.97 bits per heavy atom. The molecule has 0 atom stereocenters. The fourth-order valence-corrected chi connectivity index (χ4v) is 3.28. The van der Waals surface area contributed by atoms with E-state index in [0.29, 0.717) is 31.9 Å². The Balaban J connectivity index is 1.50. The molecule has 1 amide bonds. The van der Waals surface area contributed by atoms with E-state index < -0.39 is 11.7 Å². The highest BCUT2D eigenvalue weighted by atomic mass is 19.4. The Morgan fingerprint density at radius 3 is 2.63 bits per heavy atom. The summed E-state index contributed by atoms with van der Waals surface area (Å²) in [5, 5.41) is 12.4. The van der Waals surface area contributed by atoms with Crippen molar-refractivity contribution in [3.05, 3.63) is 47.7 Å². The molecule has 1 aromatic carbocycles. The van der Waals surface area contributed by atoms with Gasteiger partial charge in [0.05, 0.1) is 19.2 Å². The van der Waals surface area contributed by atoms with Crippen molar-refractivity contribution in [2.45, 2.75) is 12.7 Å². The van der Waals surface area contributed by atoms with Crippen LogP contribution in [0.4, 0.5) is 19.0 Å². The van der Waals surface area contributed by atoms with Gasteiger partial charge >= 0.3 is 6.18 Å². The van der Waals surface area contributed by atoms with Crippen LogP contribution in [-0.4, -0.2) is 60.7 Å². The molecule has 0 unspecified atom stereocenters. The number of carbonyl (C=O) groups is 1. The van der Waals surface area contributed by atoms with Gasteiger partial charge in [-0.05, 0) is 29.8 Å². The maximum Gasteiger partial charge on any atom is 0.419 e. The summed E-state index contributed by atoms with van der Waals surface area (Å²) in [7, 11) is 1.44. The first-order valence-corrected chi connectivity index (χ1v) is 9.40. The minimum absolute atomic E-state index is 0.0204. The van der Waals surface area contributed by atoms with E-state index in [9.17, 15) is 23.1 Å². The lowest BCUT2D eigenvalue weighted by atomic mass is 10.2. The summed E-state index contributed by atoms with van der Waals surface area (Å²) < 4.78 is 44.6. The lowest BCUT2D eigenvalue weighted by molar-refractivity contribution is -0.137. The van der Waals surface area contributed by atoms with Crippen molar-refractivity contribution >= 4 is 11.7 Å². The van der Waals surface area contributed by atoms with Gasteiger partial charge in [0.1, 0.15) is 5.82 Å². The molecule has 2 N–H and O–H groups in total. The first-order valence-electron chi connectivity index (χ1n) is 9.40. The van der Waals surface area contributed by atoms with Gasteiger partial charge in [-0.15, -0.1) is 0 Å². The topological polar surface area (TPSA) is 77.9 Å². The van der Waals surface area contributed by atoms with Gasteiger partial charge in [0.25, 0.3) is 0 Å². The second kappa shape index (κ2) is 9.21. The monoisotopic (exact) mass is 424 g/mol. The first-order chi connectivity index (χ1) is 14.3. The Labute approximate surface area is 172 Å². The molecule has 0 saturated carbocycles. The third-order valence-electron chi connectivity index (χ3n) is 4.86. The SMILES string of the molecule is COc1cc(CNC(=O)CN2CCN(c3ncccc3C(F)(F)F)CC2)ccc1O. The highest BCUT2D eigenvalue weighted by Gasteiger charge is 2.36. The van der Waals surface area contributed by atoms with Crippen molar-refractivity contribution in [3.8, 4) is 11.5 Å². The smallest absolute Gasteiger partial charge is 0.419 e. The molecule has 1 aliphatic rings. The predicted molar refractivity (Wildman–Crippen MR) is 104 cm³/mol. The van der Waals surface area contributed by atoms with Crippen LogP contribution < -0.4 is 15.0 Å². The Hall–Kier alpha value is -3.01. The predicted octanol–water partition coefficient (Wildman–Crippen LogP) is 2.25. The number of pyridine rings is 1. The molecule has 1 aromatic heterocycles. The average molecular weight is 424 g/mol. The normalized spacial score (nSPS) is 15.1. The number of hydrogen-bond donors (Lipinski definition) is 2. The van der Waals surface area contributed by atoms with Crippen LogP contribution in [0.3, 0.4) is 0 Å². The van der Waals surface area contributed by atoms with E-state index >= 15 is 0 Å². The third kappa shape index (κ3) is 5.32. The lowest BCUT2D eigenvalue weighted by Crippen LogP contribution is -2.50. The van der Waals surface area contributed by atoms with Crippen LogP contribution in [0.1, 0.15) is 11.1 Å². The Kier molecular flexibility index (Phi) is 6.66. The summed E-state index contributed by atoms with van der Waals surface area (Å²) in [6.45, 7) is 2.03. The van der Waals surface area contributed by atoms with Crippen molar-refractivity contribution in [1.82, 2.24) is 15.2 Å². The molecule has 10 heteroatoms. The molecule has 7 nitrogen and oxygen atoms in total. The molecule has 3 rings (SSSR count). The molecule has 1 aliphatic heterocycles. The number of anilines is 1. The van der Waals surface area contributed by atoms with E-state index in [1.54, 1.807) is 17.0 Å². The fourth-order valence-electron chi connectivity index (χ4n) is 3.28. The molecule has 1 saturated heterocycles. The number of halogens is 3. The highest BCUT2D eigenvalue weighted by molar-refractivity contribution is 5.78. The van der Waals surface area contributed by atoms with Gasteiger partial charge in [0.2, 0.25) is 5.91 Å². The maximum absolute atomic E-state index is 13.2. The number of phenols is 1. The summed E-state index contributed by atoms with van der Waals surface area (Å²) in [4.78, 5) is 19.6. The second-order valence-electron chi connectivity index (χ2n) is 6.92. The number of carbonyl (C=O) groups excluding carboxylic acids is 1. The molecule has 0 spiro atoms. The summed E-state index contributed by atoms with van der Waals surface area (Å²) in [5.74, 6) is 0.0809. The third-order valence-corrected chi connectivity index (χ3v) is 4.86. The van der Waals surface area contributed by atoms with Gasteiger partial charge in [-0.2, -0.15) is 13.2 Å². The second-order valence-corrected chi connectivity index (χ2v) is 6.92. The van der Waals surface area contributed by atoms with Gasteiger partial charge in [0.15, 0.2) is 11.5 Å². The van der Waals surface area contributed by atoms with Gasteiger partial charge < -0.3 is 20.1 Å². The number of hydrogen-bond acceptors (Lipinski definition) is 6. The van der Waals surface area contributed by atoms with Crippen molar-refractivity contribution < 1.29 is 27.8 Å². The molecular weight excluding hydrogens is 401 g/mol. The molecule has 2 aromatic rings. The van der Waals surface area contributed by atoms with E-state index in [1.165, 1.54) is 25.4 Å². The molecule has 30 heavy (non-hydrogen) atoms. The minimum Gasteiger partial charge on any atom is -0.504 e. The van der Waals surface area contributed by atoms with E-state index in [-0.39, 0.29) is 30.6 Å². The molecule has 0 radical (unpaired) electrons. The van der Waals surface area contributed by atoms with Gasteiger partial charge in [-0.3, -0.25) is 9.69 Å².